The van der Waals surface area contributed by atoms with Crippen molar-refractivity contribution in [1.29, 1.82) is 0 Å². The van der Waals surface area contributed by atoms with Gasteiger partial charge >= 0.3 is 12.1 Å². The molecule has 0 radical (unpaired) electrons. The molecule has 3 N–H and O–H groups in total. The lowest BCUT2D eigenvalue weighted by molar-refractivity contribution is -0.138. The van der Waals surface area contributed by atoms with Gasteiger partial charge in [-0.15, -0.1) is 0 Å². The van der Waals surface area contributed by atoms with Gasteiger partial charge in [-0.1, -0.05) is 48.5 Å². The quantitative estimate of drug-likeness (QED) is 0.610. The van der Waals surface area contributed by atoms with E-state index in [0.29, 0.717) is 0 Å². The van der Waals surface area contributed by atoms with Gasteiger partial charge in [0.1, 0.15) is 19.2 Å². The van der Waals surface area contributed by atoms with Crippen LogP contribution in [-0.4, -0.2) is 67.8 Å². The maximum atomic E-state index is 12.4. The molecule has 0 aliphatic heterocycles. The van der Waals surface area contributed by atoms with Crippen LogP contribution in [0.3, 0.4) is 0 Å². The van der Waals surface area contributed by atoms with Crippen LogP contribution in [0.15, 0.2) is 48.5 Å². The summed E-state index contributed by atoms with van der Waals surface area (Å²) < 4.78 is 5.46. The van der Waals surface area contributed by atoms with Crippen molar-refractivity contribution in [2.45, 2.75) is 12.0 Å². The Morgan fingerprint density at radius 3 is 2.13 bits per heavy atom. The molecule has 0 aromatic heterocycles. The SMILES string of the molecule is CN(C)CC(NC(=O)OCC1c2ccccc2-c2ccccc21)C(=O)NCC(=O)O. The third kappa shape index (κ3) is 4.96. The lowest BCUT2D eigenvalue weighted by Crippen LogP contribution is -2.52. The van der Waals surface area contributed by atoms with Crippen molar-refractivity contribution in [3.63, 3.8) is 0 Å². The largest absolute Gasteiger partial charge is 0.480 e. The van der Waals surface area contributed by atoms with Crippen molar-refractivity contribution >= 4 is 18.0 Å². The van der Waals surface area contributed by atoms with E-state index in [9.17, 15) is 14.4 Å². The molecule has 2 aromatic rings. The summed E-state index contributed by atoms with van der Waals surface area (Å²) in [5.74, 6) is -1.83. The minimum atomic E-state index is -1.16. The van der Waals surface area contributed by atoms with Crippen LogP contribution in [0.1, 0.15) is 17.0 Å². The fraction of sp³-hybridized carbons (Fsp3) is 0.318. The molecule has 1 aliphatic rings. The van der Waals surface area contributed by atoms with E-state index in [1.165, 1.54) is 0 Å². The van der Waals surface area contributed by atoms with Gasteiger partial charge in [0.25, 0.3) is 0 Å². The Labute approximate surface area is 174 Å². The molecular weight excluding hydrogens is 386 g/mol. The maximum Gasteiger partial charge on any atom is 0.407 e. The van der Waals surface area contributed by atoms with E-state index in [2.05, 4.69) is 10.6 Å². The first kappa shape index (κ1) is 21.3. The van der Waals surface area contributed by atoms with Gasteiger partial charge in [0.2, 0.25) is 5.91 Å². The Hall–Kier alpha value is -3.39. The molecule has 8 heteroatoms. The van der Waals surface area contributed by atoms with Crippen LogP contribution >= 0.6 is 0 Å². The second-order valence-corrected chi connectivity index (χ2v) is 7.40. The third-order valence-corrected chi connectivity index (χ3v) is 4.91. The summed E-state index contributed by atoms with van der Waals surface area (Å²) in [6.07, 6.45) is -0.728. The monoisotopic (exact) mass is 411 g/mol. The van der Waals surface area contributed by atoms with Crippen molar-refractivity contribution in [2.24, 2.45) is 0 Å². The number of hydrogen-bond acceptors (Lipinski definition) is 5. The molecule has 8 nitrogen and oxygen atoms in total. The Kier molecular flexibility index (Phi) is 6.68. The number of carboxylic acids is 1. The predicted molar refractivity (Wildman–Crippen MR) is 111 cm³/mol. The van der Waals surface area contributed by atoms with Gasteiger partial charge in [0.05, 0.1) is 0 Å². The average Bonchev–Trinajstić information content (AvgIpc) is 3.03. The highest BCUT2D eigenvalue weighted by molar-refractivity contribution is 5.88. The minimum Gasteiger partial charge on any atom is -0.480 e. The summed E-state index contributed by atoms with van der Waals surface area (Å²) in [6.45, 7) is -0.184. The first-order valence-corrected chi connectivity index (χ1v) is 9.62. The fourth-order valence-electron chi connectivity index (χ4n) is 3.63. The molecule has 1 unspecified atom stereocenters. The van der Waals surface area contributed by atoms with E-state index in [4.69, 9.17) is 9.84 Å². The molecule has 0 saturated carbocycles. The summed E-state index contributed by atoms with van der Waals surface area (Å²) in [7, 11) is 3.49. The van der Waals surface area contributed by atoms with Crippen molar-refractivity contribution < 1.29 is 24.2 Å². The smallest absolute Gasteiger partial charge is 0.407 e. The molecule has 30 heavy (non-hydrogen) atoms. The van der Waals surface area contributed by atoms with Gasteiger partial charge in [0.15, 0.2) is 0 Å². The number of amides is 2. The minimum absolute atomic E-state index is 0.0868. The molecular formula is C22H25N3O5. The van der Waals surface area contributed by atoms with Crippen LogP contribution in [0.4, 0.5) is 4.79 Å². The van der Waals surface area contributed by atoms with Gasteiger partial charge in [-0.05, 0) is 36.3 Å². The first-order valence-electron chi connectivity index (χ1n) is 9.62. The number of carbonyl (C=O) groups is 3. The number of nitrogens with zero attached hydrogens (tertiary/aromatic N) is 1. The number of carbonyl (C=O) groups excluding carboxylic acids is 2. The summed E-state index contributed by atoms with van der Waals surface area (Å²) in [5, 5.41) is 13.6. The maximum absolute atomic E-state index is 12.4. The van der Waals surface area contributed by atoms with Crippen molar-refractivity contribution in [3.8, 4) is 11.1 Å². The zero-order chi connectivity index (χ0) is 21.7. The van der Waals surface area contributed by atoms with E-state index in [-0.39, 0.29) is 19.1 Å². The number of fused-ring (bicyclic) bond motifs is 3. The predicted octanol–water partition coefficient (Wildman–Crippen LogP) is 1.66. The molecule has 0 bridgehead atoms. The lowest BCUT2D eigenvalue weighted by Gasteiger charge is -2.22. The number of hydrogen-bond donors (Lipinski definition) is 3. The van der Waals surface area contributed by atoms with Crippen molar-refractivity contribution in [2.75, 3.05) is 33.8 Å². The van der Waals surface area contributed by atoms with Gasteiger partial charge in [-0.2, -0.15) is 0 Å². The standard InChI is InChI=1S/C22H25N3O5/c1-25(2)12-19(21(28)23-11-20(26)27)24-22(29)30-13-18-16-9-5-3-7-14(16)15-8-4-6-10-17(15)18/h3-10,18-19H,11-13H2,1-2H3,(H,23,28)(H,24,29)(H,26,27). The molecule has 158 valence electrons. The number of rotatable bonds is 8. The Balaban J connectivity index is 1.65. The van der Waals surface area contributed by atoms with Crippen LogP contribution in [0.25, 0.3) is 11.1 Å². The van der Waals surface area contributed by atoms with Crippen molar-refractivity contribution in [3.05, 3.63) is 59.7 Å². The highest BCUT2D eigenvalue weighted by Gasteiger charge is 2.30. The molecule has 3 rings (SSSR count). The number of likely N-dealkylation sites (N-methyl/N-ethyl adjacent to an activating group) is 1. The molecule has 0 fully saturated rings. The lowest BCUT2D eigenvalue weighted by atomic mass is 9.98. The summed E-state index contributed by atoms with van der Waals surface area (Å²) in [4.78, 5) is 37.0. The van der Waals surface area contributed by atoms with E-state index >= 15 is 0 Å². The zero-order valence-corrected chi connectivity index (χ0v) is 16.9. The van der Waals surface area contributed by atoms with Gasteiger partial charge < -0.3 is 25.4 Å². The number of ether oxygens (including phenoxy) is 1. The van der Waals surface area contributed by atoms with Gasteiger partial charge in [0, 0.05) is 12.5 Å². The summed E-state index contributed by atoms with van der Waals surface area (Å²) in [5.41, 5.74) is 4.44. The zero-order valence-electron chi connectivity index (χ0n) is 16.9. The summed E-state index contributed by atoms with van der Waals surface area (Å²) >= 11 is 0. The van der Waals surface area contributed by atoms with Crippen LogP contribution in [0, 0.1) is 0 Å². The number of carboxylic acid groups (broad SMARTS) is 1. The second kappa shape index (κ2) is 9.41. The number of nitrogens with one attached hydrogen (secondary N) is 2. The first-order chi connectivity index (χ1) is 14.4. The Morgan fingerprint density at radius 1 is 1.03 bits per heavy atom. The van der Waals surface area contributed by atoms with E-state index < -0.39 is 30.6 Å². The van der Waals surface area contributed by atoms with Crippen molar-refractivity contribution in [1.82, 2.24) is 15.5 Å². The van der Waals surface area contributed by atoms with Gasteiger partial charge in [-0.3, -0.25) is 9.59 Å². The Bertz CT molecular complexity index is 898. The summed E-state index contributed by atoms with van der Waals surface area (Å²) in [6, 6.07) is 15.1. The van der Waals surface area contributed by atoms with E-state index in [0.717, 1.165) is 22.3 Å². The van der Waals surface area contributed by atoms with Crippen LogP contribution in [0.5, 0.6) is 0 Å². The number of benzene rings is 2. The molecule has 0 saturated heterocycles. The number of aliphatic carboxylic acids is 1. The normalized spacial score (nSPS) is 13.3. The van der Waals surface area contributed by atoms with Crippen LogP contribution in [-0.2, 0) is 14.3 Å². The topological polar surface area (TPSA) is 108 Å². The third-order valence-electron chi connectivity index (χ3n) is 4.91. The second-order valence-electron chi connectivity index (χ2n) is 7.40. The Morgan fingerprint density at radius 2 is 1.60 bits per heavy atom. The van der Waals surface area contributed by atoms with Crippen LogP contribution in [0.2, 0.25) is 0 Å². The molecule has 2 amide bonds. The molecule has 0 heterocycles. The van der Waals surface area contributed by atoms with E-state index in [1.807, 2.05) is 48.5 Å². The average molecular weight is 411 g/mol. The molecule has 0 spiro atoms. The number of alkyl carbamates (subject to hydrolysis) is 1. The highest BCUT2D eigenvalue weighted by Crippen LogP contribution is 2.44. The highest BCUT2D eigenvalue weighted by atomic mass is 16.5. The van der Waals surface area contributed by atoms with E-state index in [1.54, 1.807) is 19.0 Å². The van der Waals surface area contributed by atoms with Gasteiger partial charge in [-0.25, -0.2) is 4.79 Å². The molecule has 1 atom stereocenters. The molecule has 1 aliphatic carbocycles. The molecule has 2 aromatic carbocycles. The van der Waals surface area contributed by atoms with Crippen LogP contribution < -0.4 is 10.6 Å². The fourth-order valence-corrected chi connectivity index (χ4v) is 3.63.